The van der Waals surface area contributed by atoms with Crippen LogP contribution in [-0.2, 0) is 9.47 Å². The molecule has 1 unspecified atom stereocenters. The summed E-state index contributed by atoms with van der Waals surface area (Å²) in [5.41, 5.74) is -0.0577. The average Bonchev–Trinajstić information content (AvgIpc) is 2.66. The first-order valence-corrected chi connectivity index (χ1v) is 6.02. The van der Waals surface area contributed by atoms with Crippen molar-refractivity contribution in [1.29, 1.82) is 0 Å². The van der Waals surface area contributed by atoms with Crippen LogP contribution in [-0.4, -0.2) is 39.0 Å². The highest BCUT2D eigenvalue weighted by Crippen LogP contribution is 2.21. The summed E-state index contributed by atoms with van der Waals surface area (Å²) < 4.78 is 10.9. The SMILES string of the molecule is COC1(CNCCCC(C)C)CCOC1. The predicted molar refractivity (Wildman–Crippen MR) is 62.1 cm³/mol. The van der Waals surface area contributed by atoms with Gasteiger partial charge in [-0.25, -0.2) is 0 Å². The van der Waals surface area contributed by atoms with Crippen molar-refractivity contribution in [2.75, 3.05) is 33.4 Å². The fourth-order valence-corrected chi connectivity index (χ4v) is 1.91. The Morgan fingerprint density at radius 1 is 1.47 bits per heavy atom. The first-order valence-electron chi connectivity index (χ1n) is 6.02. The molecule has 90 valence electrons. The zero-order chi connectivity index (χ0) is 11.1. The number of rotatable bonds is 7. The summed E-state index contributed by atoms with van der Waals surface area (Å²) in [6.07, 6.45) is 3.56. The molecule has 1 saturated heterocycles. The fraction of sp³-hybridized carbons (Fsp3) is 1.00. The Morgan fingerprint density at radius 2 is 2.27 bits per heavy atom. The Kier molecular flexibility index (Phi) is 5.58. The molecule has 0 aromatic heterocycles. The van der Waals surface area contributed by atoms with Crippen LogP contribution in [0.15, 0.2) is 0 Å². The lowest BCUT2D eigenvalue weighted by molar-refractivity contribution is -0.0156. The molecule has 1 N–H and O–H groups in total. The molecular weight excluding hydrogens is 190 g/mol. The molecule has 1 fully saturated rings. The second kappa shape index (κ2) is 6.46. The molecule has 0 saturated carbocycles. The Hall–Kier alpha value is -0.120. The maximum absolute atomic E-state index is 5.54. The van der Waals surface area contributed by atoms with Gasteiger partial charge in [0.05, 0.1) is 6.61 Å². The molecule has 1 rings (SSSR count). The highest BCUT2D eigenvalue weighted by atomic mass is 16.5. The summed E-state index contributed by atoms with van der Waals surface area (Å²) in [6.45, 7) is 8.11. The third kappa shape index (κ3) is 4.49. The van der Waals surface area contributed by atoms with E-state index in [2.05, 4.69) is 19.2 Å². The van der Waals surface area contributed by atoms with Crippen LogP contribution in [0, 0.1) is 5.92 Å². The molecule has 0 aromatic carbocycles. The summed E-state index contributed by atoms with van der Waals surface area (Å²) in [5.74, 6) is 0.804. The van der Waals surface area contributed by atoms with E-state index in [0.29, 0.717) is 0 Å². The van der Waals surface area contributed by atoms with E-state index < -0.39 is 0 Å². The van der Waals surface area contributed by atoms with Gasteiger partial charge in [-0.05, 0) is 25.3 Å². The van der Waals surface area contributed by atoms with Crippen LogP contribution < -0.4 is 5.32 Å². The van der Waals surface area contributed by atoms with Crippen LogP contribution in [0.4, 0.5) is 0 Å². The molecule has 3 nitrogen and oxygen atoms in total. The van der Waals surface area contributed by atoms with Crippen molar-refractivity contribution in [3.05, 3.63) is 0 Å². The molecule has 1 aliphatic heterocycles. The molecular formula is C12H25NO2. The third-order valence-electron chi connectivity index (χ3n) is 3.08. The Morgan fingerprint density at radius 3 is 2.80 bits per heavy atom. The van der Waals surface area contributed by atoms with Gasteiger partial charge in [-0.2, -0.15) is 0 Å². The van der Waals surface area contributed by atoms with Crippen molar-refractivity contribution < 1.29 is 9.47 Å². The molecule has 1 atom stereocenters. The quantitative estimate of drug-likeness (QED) is 0.657. The van der Waals surface area contributed by atoms with Crippen molar-refractivity contribution in [2.45, 2.75) is 38.7 Å². The fourth-order valence-electron chi connectivity index (χ4n) is 1.91. The van der Waals surface area contributed by atoms with Crippen LogP contribution in [0.2, 0.25) is 0 Å². The minimum absolute atomic E-state index is 0.0577. The lowest BCUT2D eigenvalue weighted by Crippen LogP contribution is -2.43. The highest BCUT2D eigenvalue weighted by molar-refractivity contribution is 4.86. The van der Waals surface area contributed by atoms with Crippen LogP contribution in [0.5, 0.6) is 0 Å². The van der Waals surface area contributed by atoms with Crippen molar-refractivity contribution >= 4 is 0 Å². The summed E-state index contributed by atoms with van der Waals surface area (Å²) >= 11 is 0. The van der Waals surface area contributed by atoms with Crippen LogP contribution in [0.1, 0.15) is 33.1 Å². The minimum Gasteiger partial charge on any atom is -0.378 e. The third-order valence-corrected chi connectivity index (χ3v) is 3.08. The van der Waals surface area contributed by atoms with E-state index in [1.165, 1.54) is 12.8 Å². The molecule has 1 aliphatic rings. The lowest BCUT2D eigenvalue weighted by Gasteiger charge is -2.26. The number of hydrogen-bond donors (Lipinski definition) is 1. The summed E-state index contributed by atoms with van der Waals surface area (Å²) in [5, 5.41) is 3.47. The van der Waals surface area contributed by atoms with Gasteiger partial charge >= 0.3 is 0 Å². The Balaban J connectivity index is 2.07. The van der Waals surface area contributed by atoms with E-state index in [9.17, 15) is 0 Å². The average molecular weight is 215 g/mol. The zero-order valence-corrected chi connectivity index (χ0v) is 10.3. The monoisotopic (exact) mass is 215 g/mol. The first-order chi connectivity index (χ1) is 7.18. The summed E-state index contributed by atoms with van der Waals surface area (Å²) in [4.78, 5) is 0. The van der Waals surface area contributed by atoms with Gasteiger partial charge in [0.25, 0.3) is 0 Å². The van der Waals surface area contributed by atoms with Crippen molar-refractivity contribution in [3.8, 4) is 0 Å². The molecule has 1 heterocycles. The van der Waals surface area contributed by atoms with E-state index in [0.717, 1.165) is 38.6 Å². The number of nitrogens with one attached hydrogen (secondary N) is 1. The zero-order valence-electron chi connectivity index (χ0n) is 10.3. The van der Waals surface area contributed by atoms with Gasteiger partial charge in [0.15, 0.2) is 0 Å². The van der Waals surface area contributed by atoms with Crippen molar-refractivity contribution in [1.82, 2.24) is 5.32 Å². The minimum atomic E-state index is -0.0577. The van der Waals surface area contributed by atoms with Gasteiger partial charge in [0.2, 0.25) is 0 Å². The van der Waals surface area contributed by atoms with E-state index in [4.69, 9.17) is 9.47 Å². The number of ether oxygens (including phenoxy) is 2. The molecule has 0 spiro atoms. The van der Waals surface area contributed by atoms with E-state index >= 15 is 0 Å². The first kappa shape index (κ1) is 12.9. The maximum Gasteiger partial charge on any atom is 0.106 e. The Labute approximate surface area is 93.5 Å². The second-order valence-corrected chi connectivity index (χ2v) is 4.90. The van der Waals surface area contributed by atoms with Gasteiger partial charge in [-0.3, -0.25) is 0 Å². The topological polar surface area (TPSA) is 30.5 Å². The molecule has 0 aliphatic carbocycles. The number of hydrogen-bond acceptors (Lipinski definition) is 3. The van der Waals surface area contributed by atoms with Gasteiger partial charge < -0.3 is 14.8 Å². The van der Waals surface area contributed by atoms with Crippen LogP contribution in [0.3, 0.4) is 0 Å². The van der Waals surface area contributed by atoms with Gasteiger partial charge in [-0.1, -0.05) is 13.8 Å². The molecule has 0 amide bonds. The van der Waals surface area contributed by atoms with Gasteiger partial charge in [-0.15, -0.1) is 0 Å². The molecule has 15 heavy (non-hydrogen) atoms. The van der Waals surface area contributed by atoms with Crippen molar-refractivity contribution in [3.63, 3.8) is 0 Å². The molecule has 0 bridgehead atoms. The van der Waals surface area contributed by atoms with E-state index in [-0.39, 0.29) is 5.60 Å². The van der Waals surface area contributed by atoms with Gasteiger partial charge in [0, 0.05) is 26.7 Å². The lowest BCUT2D eigenvalue weighted by atomic mass is 10.0. The largest absolute Gasteiger partial charge is 0.378 e. The van der Waals surface area contributed by atoms with Gasteiger partial charge in [0.1, 0.15) is 5.60 Å². The highest BCUT2D eigenvalue weighted by Gasteiger charge is 2.34. The normalized spacial score (nSPS) is 26.4. The standard InChI is InChI=1S/C12H25NO2/c1-11(2)5-4-7-13-9-12(14-3)6-8-15-10-12/h11,13H,4-10H2,1-3H3. The van der Waals surface area contributed by atoms with E-state index in [1.807, 2.05) is 0 Å². The van der Waals surface area contributed by atoms with Crippen LogP contribution >= 0.6 is 0 Å². The smallest absolute Gasteiger partial charge is 0.106 e. The summed E-state index contributed by atoms with van der Waals surface area (Å²) in [6, 6.07) is 0. The van der Waals surface area contributed by atoms with Crippen molar-refractivity contribution in [2.24, 2.45) is 5.92 Å². The molecule has 3 heteroatoms. The maximum atomic E-state index is 5.54. The number of methoxy groups -OCH3 is 1. The van der Waals surface area contributed by atoms with E-state index in [1.54, 1.807) is 7.11 Å². The van der Waals surface area contributed by atoms with Crippen LogP contribution in [0.25, 0.3) is 0 Å². The Bertz CT molecular complexity index is 165. The molecule has 0 aromatic rings. The summed E-state index contributed by atoms with van der Waals surface area (Å²) in [7, 11) is 1.78. The molecule has 0 radical (unpaired) electrons. The second-order valence-electron chi connectivity index (χ2n) is 4.90. The predicted octanol–water partition coefficient (Wildman–Crippen LogP) is 1.82.